The fourth-order valence-electron chi connectivity index (χ4n) is 1.38. The Morgan fingerprint density at radius 1 is 1.25 bits per heavy atom. The van der Waals surface area contributed by atoms with E-state index in [4.69, 9.17) is 5.73 Å². The lowest BCUT2D eigenvalue weighted by Gasteiger charge is -2.20. The van der Waals surface area contributed by atoms with E-state index in [1.807, 2.05) is 13.8 Å². The summed E-state index contributed by atoms with van der Waals surface area (Å²) in [6, 6.07) is 6.79. The first-order valence-corrected chi connectivity index (χ1v) is 6.76. The summed E-state index contributed by atoms with van der Waals surface area (Å²) in [5.41, 5.74) is 6.81. The van der Waals surface area contributed by atoms with Gasteiger partial charge in [-0.25, -0.2) is 8.42 Å². The maximum absolute atomic E-state index is 11.9. The Morgan fingerprint density at radius 2 is 1.75 bits per heavy atom. The molecule has 0 amide bonds. The molecule has 0 saturated heterocycles. The molecule has 5 heteroatoms. The van der Waals surface area contributed by atoms with E-state index in [1.165, 1.54) is 4.31 Å². The van der Waals surface area contributed by atoms with Crippen molar-refractivity contribution in [2.45, 2.75) is 13.8 Å². The van der Waals surface area contributed by atoms with Crippen LogP contribution in [0.15, 0.2) is 24.3 Å². The van der Waals surface area contributed by atoms with Crippen LogP contribution in [0.1, 0.15) is 13.8 Å². The molecule has 90 valence electrons. The molecule has 0 aliphatic carbocycles. The molecule has 0 heterocycles. The summed E-state index contributed by atoms with van der Waals surface area (Å²) in [7, 11) is -1.67. The molecule has 0 fully saturated rings. The average molecular weight is 242 g/mol. The number of sulfonamides is 1. The fraction of sp³-hybridized carbons (Fsp3) is 0.455. The van der Waals surface area contributed by atoms with Crippen LogP contribution in [0.3, 0.4) is 0 Å². The summed E-state index contributed by atoms with van der Waals surface area (Å²) in [6.45, 7) is 3.77. The lowest BCUT2D eigenvalue weighted by molar-refractivity contribution is 0.580. The van der Waals surface area contributed by atoms with Gasteiger partial charge in [0.2, 0.25) is 10.0 Å². The molecule has 0 aliphatic heterocycles. The lowest BCUT2D eigenvalue weighted by atomic mass is 10.3. The number of anilines is 2. The Morgan fingerprint density at radius 3 is 2.19 bits per heavy atom. The zero-order chi connectivity index (χ0) is 12.3. The van der Waals surface area contributed by atoms with Crippen LogP contribution in [0, 0.1) is 5.92 Å². The molecular weight excluding hydrogens is 224 g/mol. The van der Waals surface area contributed by atoms with Crippen molar-refractivity contribution >= 4 is 21.4 Å². The maximum Gasteiger partial charge on any atom is 0.235 e. The second kappa shape index (κ2) is 4.74. The zero-order valence-corrected chi connectivity index (χ0v) is 10.7. The van der Waals surface area contributed by atoms with Crippen LogP contribution in [-0.2, 0) is 10.0 Å². The lowest BCUT2D eigenvalue weighted by Crippen LogP contribution is -2.30. The molecule has 1 aromatic carbocycles. The van der Waals surface area contributed by atoms with E-state index < -0.39 is 10.0 Å². The molecule has 0 bridgehead atoms. The number of hydrogen-bond donors (Lipinski definition) is 1. The van der Waals surface area contributed by atoms with E-state index in [1.54, 1.807) is 31.3 Å². The Bertz CT molecular complexity index is 438. The molecule has 1 aromatic rings. The van der Waals surface area contributed by atoms with Crippen LogP contribution in [0.5, 0.6) is 0 Å². The highest BCUT2D eigenvalue weighted by Gasteiger charge is 2.19. The van der Waals surface area contributed by atoms with E-state index in [9.17, 15) is 8.42 Å². The molecule has 1 rings (SSSR count). The summed E-state index contributed by atoms with van der Waals surface area (Å²) in [5.74, 6) is 0.259. The van der Waals surface area contributed by atoms with Crippen molar-refractivity contribution in [2.24, 2.45) is 5.92 Å². The normalized spacial score (nSPS) is 11.8. The van der Waals surface area contributed by atoms with Gasteiger partial charge in [-0.05, 0) is 30.2 Å². The zero-order valence-electron chi connectivity index (χ0n) is 9.84. The van der Waals surface area contributed by atoms with Gasteiger partial charge in [0.25, 0.3) is 0 Å². The van der Waals surface area contributed by atoms with Gasteiger partial charge >= 0.3 is 0 Å². The second-order valence-electron chi connectivity index (χ2n) is 4.23. The molecular formula is C11H18N2O2S. The van der Waals surface area contributed by atoms with Crippen LogP contribution < -0.4 is 10.0 Å². The number of nitrogens with zero attached hydrogens (tertiary/aromatic N) is 1. The van der Waals surface area contributed by atoms with Gasteiger partial charge in [-0.15, -0.1) is 0 Å². The van der Waals surface area contributed by atoms with Gasteiger partial charge in [0.15, 0.2) is 0 Å². The van der Waals surface area contributed by atoms with Gasteiger partial charge in [-0.3, -0.25) is 4.31 Å². The Hall–Kier alpha value is -1.23. The van der Waals surface area contributed by atoms with Gasteiger partial charge in [0.1, 0.15) is 0 Å². The molecule has 2 N–H and O–H groups in total. The maximum atomic E-state index is 11.9. The smallest absolute Gasteiger partial charge is 0.235 e. The molecule has 4 nitrogen and oxygen atoms in total. The van der Waals surface area contributed by atoms with Crippen molar-refractivity contribution in [1.82, 2.24) is 0 Å². The van der Waals surface area contributed by atoms with E-state index in [2.05, 4.69) is 0 Å². The van der Waals surface area contributed by atoms with Gasteiger partial charge in [-0.1, -0.05) is 13.8 Å². The monoisotopic (exact) mass is 242 g/mol. The van der Waals surface area contributed by atoms with Crippen molar-refractivity contribution in [3.63, 3.8) is 0 Å². The van der Waals surface area contributed by atoms with Gasteiger partial charge in [0, 0.05) is 12.7 Å². The molecule has 0 aliphatic rings. The van der Waals surface area contributed by atoms with Crippen molar-refractivity contribution in [1.29, 1.82) is 0 Å². The van der Waals surface area contributed by atoms with Crippen LogP contribution in [0.2, 0.25) is 0 Å². The van der Waals surface area contributed by atoms with Gasteiger partial charge < -0.3 is 5.73 Å². The van der Waals surface area contributed by atoms with Gasteiger partial charge in [-0.2, -0.15) is 0 Å². The molecule has 0 radical (unpaired) electrons. The molecule has 16 heavy (non-hydrogen) atoms. The molecule has 0 spiro atoms. The minimum absolute atomic E-state index is 0.112. The molecule has 0 atom stereocenters. The van der Waals surface area contributed by atoms with Crippen LogP contribution >= 0.6 is 0 Å². The number of nitrogen functional groups attached to an aromatic ring is 1. The fourth-order valence-corrected chi connectivity index (χ4v) is 2.89. The number of benzene rings is 1. The summed E-state index contributed by atoms with van der Waals surface area (Å²) in [6.07, 6.45) is 0. The van der Waals surface area contributed by atoms with E-state index in [0.717, 1.165) is 0 Å². The SMILES string of the molecule is CC(C)CS(=O)(=O)N(C)c1ccc(N)cc1. The predicted molar refractivity (Wildman–Crippen MR) is 67.9 cm³/mol. The minimum atomic E-state index is -3.23. The highest BCUT2D eigenvalue weighted by atomic mass is 32.2. The summed E-state index contributed by atoms with van der Waals surface area (Å²) in [5, 5.41) is 0. The van der Waals surface area contributed by atoms with Crippen LogP contribution in [-0.4, -0.2) is 21.2 Å². The average Bonchev–Trinajstić information content (AvgIpc) is 2.16. The van der Waals surface area contributed by atoms with Crippen molar-refractivity contribution in [3.8, 4) is 0 Å². The number of nitrogens with two attached hydrogens (primary N) is 1. The summed E-state index contributed by atoms with van der Waals surface area (Å²) >= 11 is 0. The van der Waals surface area contributed by atoms with Crippen molar-refractivity contribution in [3.05, 3.63) is 24.3 Å². The third-order valence-electron chi connectivity index (χ3n) is 2.22. The van der Waals surface area contributed by atoms with E-state index in [-0.39, 0.29) is 11.7 Å². The van der Waals surface area contributed by atoms with E-state index in [0.29, 0.717) is 11.4 Å². The largest absolute Gasteiger partial charge is 0.399 e. The third-order valence-corrected chi connectivity index (χ3v) is 4.35. The predicted octanol–water partition coefficient (Wildman–Crippen LogP) is 1.69. The van der Waals surface area contributed by atoms with Crippen molar-refractivity contribution < 1.29 is 8.42 Å². The number of hydrogen-bond acceptors (Lipinski definition) is 3. The van der Waals surface area contributed by atoms with Gasteiger partial charge in [0.05, 0.1) is 11.4 Å². The highest BCUT2D eigenvalue weighted by Crippen LogP contribution is 2.19. The van der Waals surface area contributed by atoms with Crippen LogP contribution in [0.25, 0.3) is 0 Å². The second-order valence-corrected chi connectivity index (χ2v) is 6.28. The first-order valence-electron chi connectivity index (χ1n) is 5.15. The third kappa shape index (κ3) is 3.13. The van der Waals surface area contributed by atoms with Crippen molar-refractivity contribution in [2.75, 3.05) is 22.8 Å². The molecule has 0 aromatic heterocycles. The number of rotatable bonds is 4. The first kappa shape index (κ1) is 12.8. The Labute approximate surface area is 97.1 Å². The van der Waals surface area contributed by atoms with Crippen LogP contribution in [0.4, 0.5) is 11.4 Å². The topological polar surface area (TPSA) is 63.4 Å². The Kier molecular flexibility index (Phi) is 3.80. The van der Waals surface area contributed by atoms with E-state index >= 15 is 0 Å². The molecule has 0 unspecified atom stereocenters. The summed E-state index contributed by atoms with van der Waals surface area (Å²) in [4.78, 5) is 0. The minimum Gasteiger partial charge on any atom is -0.399 e. The quantitative estimate of drug-likeness (QED) is 0.817. The molecule has 0 saturated carbocycles. The highest BCUT2D eigenvalue weighted by molar-refractivity contribution is 7.92. The Balaban J connectivity index is 2.93. The first-order chi connectivity index (χ1) is 7.33. The standard InChI is InChI=1S/C11H18N2O2S/c1-9(2)8-16(14,15)13(3)11-6-4-10(12)5-7-11/h4-7,9H,8,12H2,1-3H3. The summed E-state index contributed by atoms with van der Waals surface area (Å²) < 4.78 is 25.1.